The molecule has 1 aromatic carbocycles. The first-order valence-electron chi connectivity index (χ1n) is 17.9. The molecule has 13 heteroatoms. The molecule has 52 heavy (non-hydrogen) atoms. The second kappa shape index (κ2) is 13.2. The van der Waals surface area contributed by atoms with Gasteiger partial charge in [0.15, 0.2) is 5.60 Å². The van der Waals surface area contributed by atoms with E-state index in [0.717, 1.165) is 0 Å². The number of hydrogen-bond acceptors (Lipinski definition) is 13. The summed E-state index contributed by atoms with van der Waals surface area (Å²) in [7, 11) is 1.73. The van der Waals surface area contributed by atoms with Crippen LogP contribution in [0.1, 0.15) is 92.4 Å². The van der Waals surface area contributed by atoms with Gasteiger partial charge in [0.25, 0.3) is 0 Å². The van der Waals surface area contributed by atoms with Crippen LogP contribution >= 0.6 is 0 Å². The van der Waals surface area contributed by atoms with Crippen LogP contribution < -0.4 is 5.32 Å². The van der Waals surface area contributed by atoms with Gasteiger partial charge in [-0.15, -0.1) is 0 Å². The maximum atomic E-state index is 14.2. The summed E-state index contributed by atoms with van der Waals surface area (Å²) < 4.78 is 30.6. The van der Waals surface area contributed by atoms with Gasteiger partial charge in [-0.05, 0) is 64.9 Å². The number of ether oxygens (including phenoxy) is 5. The van der Waals surface area contributed by atoms with Gasteiger partial charge in [0.2, 0.25) is 0 Å². The van der Waals surface area contributed by atoms with Gasteiger partial charge in [0, 0.05) is 43.1 Å². The van der Waals surface area contributed by atoms with Crippen LogP contribution in [0.5, 0.6) is 0 Å². The third-order valence-electron chi connectivity index (χ3n) is 13.4. The van der Waals surface area contributed by atoms with Crippen LogP contribution in [-0.2, 0) is 38.1 Å². The summed E-state index contributed by atoms with van der Waals surface area (Å²) in [5, 5.41) is 41.6. The first-order chi connectivity index (χ1) is 23.9. The number of rotatable bonds is 8. The number of carbonyl (C=O) groups excluding carboxylic acids is 4. The second-order valence-electron chi connectivity index (χ2n) is 16.9. The van der Waals surface area contributed by atoms with Gasteiger partial charge >= 0.3 is 23.9 Å². The lowest BCUT2D eigenvalue weighted by Gasteiger charge is -2.69. The average Bonchev–Trinajstić information content (AvgIpc) is 3.05. The summed E-state index contributed by atoms with van der Waals surface area (Å²) in [4.78, 5) is 53.7. The van der Waals surface area contributed by atoms with Gasteiger partial charge in [-0.1, -0.05) is 39.0 Å². The van der Waals surface area contributed by atoms with E-state index >= 15 is 0 Å². The maximum absolute atomic E-state index is 14.2. The van der Waals surface area contributed by atoms with E-state index in [1.54, 1.807) is 78.9 Å². The quantitative estimate of drug-likeness (QED) is 0.174. The fourth-order valence-electron chi connectivity index (χ4n) is 9.19. The van der Waals surface area contributed by atoms with Crippen molar-refractivity contribution in [2.75, 3.05) is 13.7 Å². The molecule has 0 radical (unpaired) electrons. The maximum Gasteiger partial charge on any atom is 0.338 e. The predicted molar refractivity (Wildman–Crippen MR) is 187 cm³/mol. The van der Waals surface area contributed by atoms with Crippen molar-refractivity contribution < 1.29 is 58.2 Å². The van der Waals surface area contributed by atoms with Crippen LogP contribution in [0.4, 0.5) is 0 Å². The molecular weight excluding hydrogens is 674 g/mol. The van der Waals surface area contributed by atoms with E-state index in [2.05, 4.69) is 5.32 Å². The smallest absolute Gasteiger partial charge is 0.338 e. The van der Waals surface area contributed by atoms with E-state index < -0.39 is 99.4 Å². The van der Waals surface area contributed by atoms with Crippen molar-refractivity contribution in [3.63, 3.8) is 0 Å². The highest BCUT2D eigenvalue weighted by Crippen LogP contribution is 2.65. The first-order valence-corrected chi connectivity index (χ1v) is 17.9. The fraction of sp³-hybridized carbons (Fsp3) is 0.692. The highest BCUT2D eigenvalue weighted by molar-refractivity contribution is 5.89. The standard InChI is InChI=1S/C39H55NO12/c1-20-24(50-33(46)35(6,7)36(8,9)40-11)18-39(47)31(51-32(45)23-15-13-12-14-16-23)29-37(10,30(44)28(43)27(20)34(39,4)5)25(49-21(2)41)17-26-38(29,19-48-26)52-22(3)42/h12-16,24-26,28-31,40,43-44,47H,17-19H2,1-11H3/t24-,25-,26+,28?,29?,30?,31-,37+,38-,39+/m0/s1. The van der Waals surface area contributed by atoms with Crippen molar-refractivity contribution in [2.24, 2.45) is 22.2 Å². The molecule has 5 rings (SSSR count). The van der Waals surface area contributed by atoms with E-state index in [-0.39, 0.29) is 30.6 Å². The molecule has 1 saturated heterocycles. The molecule has 0 spiro atoms. The molecule has 1 aromatic rings. The number of aliphatic hydroxyl groups excluding tert-OH is 2. The van der Waals surface area contributed by atoms with Crippen molar-refractivity contribution in [2.45, 2.75) is 135 Å². The lowest BCUT2D eigenvalue weighted by molar-refractivity contribution is -0.365. The van der Waals surface area contributed by atoms with Crippen LogP contribution in [0, 0.1) is 22.2 Å². The Balaban J connectivity index is 1.81. The van der Waals surface area contributed by atoms with Crippen molar-refractivity contribution in [3.05, 3.63) is 47.0 Å². The zero-order valence-electron chi connectivity index (χ0n) is 32.1. The molecule has 0 aromatic heterocycles. The van der Waals surface area contributed by atoms with Crippen molar-refractivity contribution in [3.8, 4) is 0 Å². The zero-order valence-corrected chi connectivity index (χ0v) is 32.1. The predicted octanol–water partition coefficient (Wildman–Crippen LogP) is 3.02. The van der Waals surface area contributed by atoms with Crippen LogP contribution in [0.3, 0.4) is 0 Å². The lowest BCUT2D eigenvalue weighted by Crippen LogP contribution is -2.82. The Labute approximate surface area is 305 Å². The van der Waals surface area contributed by atoms with Gasteiger partial charge in [-0.25, -0.2) is 4.79 Å². The summed E-state index contributed by atoms with van der Waals surface area (Å²) in [5.74, 6) is -4.13. The Hall–Kier alpha value is -3.36. The molecule has 1 heterocycles. The Bertz CT molecular complexity index is 1640. The number of nitrogens with one attached hydrogen (secondary N) is 1. The van der Waals surface area contributed by atoms with Gasteiger partial charge in [0.05, 0.1) is 29.6 Å². The van der Waals surface area contributed by atoms with Gasteiger partial charge in [-0.3, -0.25) is 14.4 Å². The SMILES string of the molecule is CNC(C)(C)C(C)(C)C(=O)O[C@H]1C[C@@]2(O)[C@@H](OC(=O)c3ccccc3)C3[C@](C)(C(O)C(O)C(=C1C)C2(C)C)[C@@H](OC(C)=O)C[C@H]1OC[C@@]31OC(C)=O. The Morgan fingerprint density at radius 2 is 1.56 bits per heavy atom. The van der Waals surface area contributed by atoms with Gasteiger partial charge in [-0.2, -0.15) is 0 Å². The molecule has 2 bridgehead atoms. The minimum Gasteiger partial charge on any atom is -0.462 e. The number of aliphatic hydroxyl groups is 3. The fourth-order valence-corrected chi connectivity index (χ4v) is 9.19. The van der Waals surface area contributed by atoms with Crippen molar-refractivity contribution in [1.82, 2.24) is 5.32 Å². The summed E-state index contributed by atoms with van der Waals surface area (Å²) in [6, 6.07) is 8.13. The van der Waals surface area contributed by atoms with Crippen LogP contribution in [0.2, 0.25) is 0 Å². The summed E-state index contributed by atoms with van der Waals surface area (Å²) >= 11 is 0. The molecule has 0 amide bonds. The molecule has 1 aliphatic heterocycles. The molecule has 4 N–H and O–H groups in total. The summed E-state index contributed by atoms with van der Waals surface area (Å²) in [6.45, 7) is 16.0. The highest BCUT2D eigenvalue weighted by Gasteiger charge is 2.78. The Morgan fingerprint density at radius 1 is 0.942 bits per heavy atom. The van der Waals surface area contributed by atoms with E-state index in [1.165, 1.54) is 13.8 Å². The average molecular weight is 730 g/mol. The van der Waals surface area contributed by atoms with Crippen molar-refractivity contribution >= 4 is 23.9 Å². The Kier molecular flexibility index (Phi) is 10.1. The molecule has 10 atom stereocenters. The molecule has 2 saturated carbocycles. The minimum absolute atomic E-state index is 0.0284. The number of fused-ring (bicyclic) bond motifs is 5. The molecule has 3 fully saturated rings. The Morgan fingerprint density at radius 3 is 2.08 bits per heavy atom. The summed E-state index contributed by atoms with van der Waals surface area (Å²) in [5.41, 5.74) is -8.04. The number of benzene rings is 1. The highest BCUT2D eigenvalue weighted by atomic mass is 16.6. The van der Waals surface area contributed by atoms with Crippen molar-refractivity contribution in [1.29, 1.82) is 0 Å². The topological polar surface area (TPSA) is 187 Å². The largest absolute Gasteiger partial charge is 0.462 e. The van der Waals surface area contributed by atoms with Gasteiger partial charge < -0.3 is 44.3 Å². The second-order valence-corrected chi connectivity index (χ2v) is 16.9. The third kappa shape index (κ3) is 5.78. The molecule has 13 nitrogen and oxygen atoms in total. The number of hydrogen-bond donors (Lipinski definition) is 4. The van der Waals surface area contributed by atoms with E-state index in [9.17, 15) is 34.5 Å². The molecule has 4 aliphatic rings. The molecular formula is C39H55NO12. The van der Waals surface area contributed by atoms with Crippen LogP contribution in [-0.4, -0.2) is 106 Å². The number of carbonyl (C=O) groups is 4. The molecule has 3 aliphatic carbocycles. The van der Waals surface area contributed by atoms with E-state index in [0.29, 0.717) is 5.57 Å². The lowest BCUT2D eigenvalue weighted by atomic mass is 9.44. The molecule has 3 unspecified atom stereocenters. The third-order valence-corrected chi connectivity index (χ3v) is 13.4. The minimum atomic E-state index is -2.17. The number of esters is 4. The monoisotopic (exact) mass is 729 g/mol. The molecule has 288 valence electrons. The van der Waals surface area contributed by atoms with E-state index in [1.807, 2.05) is 13.8 Å². The van der Waals surface area contributed by atoms with Crippen LogP contribution in [0.15, 0.2) is 41.5 Å². The normalized spacial score (nSPS) is 36.8. The van der Waals surface area contributed by atoms with Crippen LogP contribution in [0.25, 0.3) is 0 Å². The zero-order chi connectivity index (χ0) is 39.0. The van der Waals surface area contributed by atoms with Gasteiger partial charge in [0.1, 0.15) is 36.1 Å². The first kappa shape index (κ1) is 39.8. The summed E-state index contributed by atoms with van der Waals surface area (Å²) in [6.07, 6.45) is -8.63. The van der Waals surface area contributed by atoms with E-state index in [4.69, 9.17) is 23.7 Å².